The van der Waals surface area contributed by atoms with Crippen molar-refractivity contribution in [3.05, 3.63) is 235 Å². The Balaban J connectivity index is 0.907. The van der Waals surface area contributed by atoms with Gasteiger partial charge in [0.2, 0.25) is 0 Å². The summed E-state index contributed by atoms with van der Waals surface area (Å²) >= 11 is 0. The molecule has 1 aliphatic rings. The second kappa shape index (κ2) is 18.2. The third-order valence-electron chi connectivity index (χ3n) is 14.6. The molecule has 1 aliphatic carbocycles. The average Bonchev–Trinajstić information content (AvgIpc) is 3.84. The van der Waals surface area contributed by atoms with Crippen molar-refractivity contribution in [1.82, 2.24) is 4.57 Å². The molecule has 0 spiro atoms. The van der Waals surface area contributed by atoms with E-state index in [1.54, 1.807) is 0 Å². The monoisotopic (exact) mass is 882 g/mol. The first-order chi connectivity index (χ1) is 33.3. The summed E-state index contributed by atoms with van der Waals surface area (Å²) in [6.45, 7) is 9.95. The van der Waals surface area contributed by atoms with Crippen molar-refractivity contribution in [2.24, 2.45) is 0 Å². The molecule has 1 heterocycles. The first kappa shape index (κ1) is 43.0. The van der Waals surface area contributed by atoms with Gasteiger partial charge in [-0.2, -0.15) is 0 Å². The number of aromatic nitrogens is 1. The molecule has 0 fully saturated rings. The highest BCUT2D eigenvalue weighted by molar-refractivity contribution is 6.10. The topological polar surface area (TPSA) is 17.4 Å². The van der Waals surface area contributed by atoms with Crippen molar-refractivity contribution in [2.75, 3.05) is 11.5 Å². The molecular formula is C65H58N2O. The van der Waals surface area contributed by atoms with Crippen LogP contribution >= 0.6 is 0 Å². The predicted molar refractivity (Wildman–Crippen MR) is 287 cm³/mol. The van der Waals surface area contributed by atoms with E-state index in [-0.39, 0.29) is 5.41 Å². The van der Waals surface area contributed by atoms with Crippen molar-refractivity contribution in [3.8, 4) is 44.8 Å². The van der Waals surface area contributed by atoms with Gasteiger partial charge in [-0.1, -0.05) is 155 Å². The summed E-state index contributed by atoms with van der Waals surface area (Å²) < 4.78 is 8.58. The molecule has 3 heteroatoms. The van der Waals surface area contributed by atoms with E-state index in [0.717, 1.165) is 55.1 Å². The molecule has 1 unspecified atom stereocenters. The summed E-state index contributed by atoms with van der Waals surface area (Å²) in [4.78, 5) is 2.41. The van der Waals surface area contributed by atoms with E-state index in [0.29, 0.717) is 5.92 Å². The minimum atomic E-state index is -0.104. The predicted octanol–water partition coefficient (Wildman–Crippen LogP) is 17.8. The molecular weight excluding hydrogens is 825 g/mol. The van der Waals surface area contributed by atoms with Gasteiger partial charge in [-0.05, 0) is 172 Å². The second-order valence-corrected chi connectivity index (χ2v) is 19.1. The van der Waals surface area contributed by atoms with Gasteiger partial charge in [0.25, 0.3) is 0 Å². The van der Waals surface area contributed by atoms with E-state index < -0.39 is 0 Å². The fraction of sp³-hybridized carbons (Fsp3) is 0.169. The van der Waals surface area contributed by atoms with Crippen LogP contribution in [0.4, 0.5) is 17.1 Å². The highest BCUT2D eigenvalue weighted by atomic mass is 16.5. The Morgan fingerprint density at radius 3 is 1.78 bits per heavy atom. The third kappa shape index (κ3) is 8.06. The van der Waals surface area contributed by atoms with Crippen LogP contribution in [0.25, 0.3) is 60.9 Å². The lowest BCUT2D eigenvalue weighted by Gasteiger charge is -2.28. The molecule has 0 saturated heterocycles. The van der Waals surface area contributed by atoms with Crippen LogP contribution in [0.15, 0.2) is 212 Å². The fourth-order valence-electron chi connectivity index (χ4n) is 10.5. The standard InChI is InChI=1S/C65H58N2O/c1-5-45(2)47-28-36-56(37-29-47)68-41-15-14-16-46-23-39-63-59(42-46)60-43-51(30-40-64(60)67(63)52-19-10-7-11-20-52)50-26-33-54(34-27-50)66(53-31-24-49(25-32-53)48-17-8-6-9-18-48)55-35-38-58-57-21-12-13-22-61(57)65(3,4)62(58)44-55/h6-13,17-40,42-45H,5,14-16,41H2,1-4H3. The number of benzene rings is 9. The van der Waals surface area contributed by atoms with Gasteiger partial charge in [-0.3, -0.25) is 0 Å². The van der Waals surface area contributed by atoms with Crippen molar-refractivity contribution in [3.63, 3.8) is 0 Å². The first-order valence-corrected chi connectivity index (χ1v) is 24.5. The normalized spacial score (nSPS) is 13.1. The molecule has 11 rings (SSSR count). The number of rotatable bonds is 14. The largest absolute Gasteiger partial charge is 0.494 e. The quantitative estimate of drug-likeness (QED) is 0.101. The van der Waals surface area contributed by atoms with E-state index in [1.165, 1.54) is 83.1 Å². The van der Waals surface area contributed by atoms with Crippen LogP contribution in [0, 0.1) is 0 Å². The maximum atomic E-state index is 6.16. The number of unbranched alkanes of at least 4 members (excludes halogenated alkanes) is 1. The number of hydrogen-bond acceptors (Lipinski definition) is 2. The molecule has 1 aromatic heterocycles. The average molecular weight is 883 g/mol. The minimum Gasteiger partial charge on any atom is -0.494 e. The van der Waals surface area contributed by atoms with Gasteiger partial charge in [0.1, 0.15) is 5.75 Å². The number of nitrogens with zero attached hydrogens (tertiary/aromatic N) is 2. The maximum Gasteiger partial charge on any atom is 0.119 e. The number of fused-ring (bicyclic) bond motifs is 6. The van der Waals surface area contributed by atoms with Crippen LogP contribution in [0.2, 0.25) is 0 Å². The summed E-state index contributed by atoms with van der Waals surface area (Å²) in [5.41, 5.74) is 19.8. The first-order valence-electron chi connectivity index (χ1n) is 24.5. The highest BCUT2D eigenvalue weighted by Gasteiger charge is 2.35. The van der Waals surface area contributed by atoms with E-state index in [9.17, 15) is 0 Å². The number of aryl methyl sites for hydroxylation is 1. The second-order valence-electron chi connectivity index (χ2n) is 19.1. The molecule has 1 atom stereocenters. The molecule has 3 nitrogen and oxygen atoms in total. The van der Waals surface area contributed by atoms with Crippen LogP contribution in [0.5, 0.6) is 5.75 Å². The van der Waals surface area contributed by atoms with Gasteiger partial charge in [0, 0.05) is 38.9 Å². The zero-order chi connectivity index (χ0) is 46.2. The molecule has 9 aromatic carbocycles. The molecule has 10 aromatic rings. The number of ether oxygens (including phenoxy) is 1. The molecule has 0 aliphatic heterocycles. The lowest BCUT2D eigenvalue weighted by Crippen LogP contribution is -2.16. The van der Waals surface area contributed by atoms with Crippen LogP contribution in [-0.4, -0.2) is 11.2 Å². The Kier molecular flexibility index (Phi) is 11.5. The maximum absolute atomic E-state index is 6.16. The highest BCUT2D eigenvalue weighted by Crippen LogP contribution is 2.51. The number of hydrogen-bond donors (Lipinski definition) is 0. The Morgan fingerprint density at radius 2 is 1.07 bits per heavy atom. The zero-order valence-electron chi connectivity index (χ0n) is 39.6. The number of para-hydroxylation sites is 1. The summed E-state index contributed by atoms with van der Waals surface area (Å²) in [5, 5.41) is 2.54. The van der Waals surface area contributed by atoms with Crippen molar-refractivity contribution in [1.29, 1.82) is 0 Å². The Morgan fingerprint density at radius 1 is 0.500 bits per heavy atom. The van der Waals surface area contributed by atoms with Gasteiger partial charge in [-0.25, -0.2) is 0 Å². The van der Waals surface area contributed by atoms with Gasteiger partial charge in [0.15, 0.2) is 0 Å². The molecule has 0 N–H and O–H groups in total. The molecule has 0 bridgehead atoms. The molecule has 0 saturated carbocycles. The van der Waals surface area contributed by atoms with Crippen molar-refractivity contribution in [2.45, 2.75) is 64.7 Å². The third-order valence-corrected chi connectivity index (χ3v) is 14.6. The van der Waals surface area contributed by atoms with Crippen LogP contribution in [0.1, 0.15) is 75.1 Å². The SMILES string of the molecule is CCC(C)c1ccc(OCCCCc2ccc3c(c2)c2cc(-c4ccc(N(c5ccc(-c6ccccc6)cc5)c5ccc6c(c5)C(C)(C)c5ccccc5-6)cc4)ccc2n3-c2ccccc2)cc1. The van der Waals surface area contributed by atoms with E-state index in [4.69, 9.17) is 4.74 Å². The van der Waals surface area contributed by atoms with Crippen LogP contribution < -0.4 is 9.64 Å². The molecule has 0 amide bonds. The molecule has 68 heavy (non-hydrogen) atoms. The zero-order valence-corrected chi connectivity index (χ0v) is 39.6. The molecule has 0 radical (unpaired) electrons. The lowest BCUT2D eigenvalue weighted by atomic mass is 9.82. The summed E-state index contributed by atoms with van der Waals surface area (Å²) in [7, 11) is 0. The van der Waals surface area contributed by atoms with Crippen molar-refractivity contribution < 1.29 is 4.74 Å². The smallest absolute Gasteiger partial charge is 0.119 e. The lowest BCUT2D eigenvalue weighted by molar-refractivity contribution is 0.307. The van der Waals surface area contributed by atoms with E-state index in [2.05, 4.69) is 249 Å². The van der Waals surface area contributed by atoms with E-state index >= 15 is 0 Å². The van der Waals surface area contributed by atoms with Gasteiger partial charge < -0.3 is 14.2 Å². The summed E-state index contributed by atoms with van der Waals surface area (Å²) in [6, 6.07) is 78.2. The Labute approximate surface area is 401 Å². The van der Waals surface area contributed by atoms with Gasteiger partial charge in [0.05, 0.1) is 17.6 Å². The Bertz CT molecular complexity index is 3370. The number of anilines is 3. The van der Waals surface area contributed by atoms with Gasteiger partial charge >= 0.3 is 0 Å². The fourth-order valence-corrected chi connectivity index (χ4v) is 10.5. The minimum absolute atomic E-state index is 0.104. The van der Waals surface area contributed by atoms with Gasteiger partial charge in [-0.15, -0.1) is 0 Å². The Hall–Kier alpha value is -7.62. The molecule has 334 valence electrons. The summed E-state index contributed by atoms with van der Waals surface area (Å²) in [6.07, 6.45) is 4.22. The van der Waals surface area contributed by atoms with Crippen LogP contribution in [0.3, 0.4) is 0 Å². The van der Waals surface area contributed by atoms with E-state index in [1.807, 2.05) is 0 Å². The summed E-state index contributed by atoms with van der Waals surface area (Å²) in [5.74, 6) is 1.53. The van der Waals surface area contributed by atoms with Crippen molar-refractivity contribution >= 4 is 38.9 Å². The van der Waals surface area contributed by atoms with Crippen LogP contribution in [-0.2, 0) is 11.8 Å².